The highest BCUT2D eigenvalue weighted by Gasteiger charge is 2.31. The van der Waals surface area contributed by atoms with Crippen LogP contribution in [0, 0.1) is 29.6 Å². The lowest BCUT2D eigenvalue weighted by Crippen LogP contribution is -2.30. The van der Waals surface area contributed by atoms with E-state index >= 15 is 0 Å². The summed E-state index contributed by atoms with van der Waals surface area (Å²) in [6, 6.07) is 0. The van der Waals surface area contributed by atoms with Crippen molar-refractivity contribution in [2.45, 2.75) is 123 Å². The van der Waals surface area contributed by atoms with Crippen LogP contribution < -0.4 is 0 Å². The van der Waals surface area contributed by atoms with Gasteiger partial charge in [0.2, 0.25) is 0 Å². The lowest BCUT2D eigenvalue weighted by Gasteiger charge is -2.38. The third-order valence-corrected chi connectivity index (χ3v) is 8.88. The first kappa shape index (κ1) is 31.6. The quantitative estimate of drug-likeness (QED) is 0.137. The van der Waals surface area contributed by atoms with Crippen molar-refractivity contribution in [3.8, 4) is 0 Å². The highest BCUT2D eigenvalue weighted by atomic mass is 16.5. The van der Waals surface area contributed by atoms with E-state index in [0.717, 1.165) is 30.6 Å². The third kappa shape index (κ3) is 11.3. The normalized spacial score (nSPS) is 25.2. The molecule has 212 valence electrons. The summed E-state index contributed by atoms with van der Waals surface area (Å²) >= 11 is 0. The van der Waals surface area contributed by atoms with Crippen LogP contribution in [0.25, 0.3) is 0 Å². The van der Waals surface area contributed by atoms with Crippen LogP contribution in [0.3, 0.4) is 0 Å². The number of hydrogen-bond donors (Lipinski definition) is 1. The van der Waals surface area contributed by atoms with E-state index in [1.807, 2.05) is 0 Å². The van der Waals surface area contributed by atoms with Crippen LogP contribution in [0.1, 0.15) is 118 Å². The van der Waals surface area contributed by atoms with Gasteiger partial charge in [0.15, 0.2) is 0 Å². The van der Waals surface area contributed by atoms with Crippen LogP contribution >= 0.6 is 0 Å². The number of ether oxygens (including phenoxy) is 2. The zero-order valence-corrected chi connectivity index (χ0v) is 24.2. The number of rotatable bonds is 15. The van der Waals surface area contributed by atoms with Gasteiger partial charge in [0.05, 0.1) is 24.4 Å². The Bertz CT molecular complexity index is 733. The molecule has 2 fully saturated rings. The first-order valence-corrected chi connectivity index (χ1v) is 14.9. The van der Waals surface area contributed by atoms with E-state index < -0.39 is 17.5 Å². The molecule has 0 heterocycles. The molecule has 0 aromatic heterocycles. The van der Waals surface area contributed by atoms with E-state index in [1.54, 1.807) is 6.92 Å². The fourth-order valence-corrected chi connectivity index (χ4v) is 6.11. The Hall–Kier alpha value is -1.62. The maximum absolute atomic E-state index is 12.3. The highest BCUT2D eigenvalue weighted by molar-refractivity contribution is 5.89. The summed E-state index contributed by atoms with van der Waals surface area (Å²) in [6.45, 7) is 14.6. The molecule has 5 heteroatoms. The summed E-state index contributed by atoms with van der Waals surface area (Å²) < 4.78 is 10.8. The predicted molar refractivity (Wildman–Crippen MR) is 150 cm³/mol. The maximum atomic E-state index is 12.3. The maximum Gasteiger partial charge on any atom is 0.336 e. The first-order valence-electron chi connectivity index (χ1n) is 14.9. The van der Waals surface area contributed by atoms with E-state index in [2.05, 4.69) is 20.1 Å². The molecular formula is C32H54O5. The molecule has 2 aliphatic rings. The molecular weight excluding hydrogens is 464 g/mol. The molecule has 2 rings (SSSR count). The summed E-state index contributed by atoms with van der Waals surface area (Å²) in [5, 5.41) is 10.0. The molecule has 0 aromatic carbocycles. The van der Waals surface area contributed by atoms with Gasteiger partial charge >= 0.3 is 11.9 Å². The van der Waals surface area contributed by atoms with Gasteiger partial charge < -0.3 is 14.6 Å². The Labute approximate surface area is 226 Å². The zero-order valence-electron chi connectivity index (χ0n) is 24.2. The molecule has 0 radical (unpaired) electrons. The van der Waals surface area contributed by atoms with Crippen LogP contribution in [0.4, 0.5) is 0 Å². The van der Waals surface area contributed by atoms with Gasteiger partial charge in [-0.15, -0.1) is 0 Å². The Kier molecular flexibility index (Phi) is 13.4. The number of hydrogen-bond acceptors (Lipinski definition) is 5. The second-order valence-electron chi connectivity index (χ2n) is 12.5. The highest BCUT2D eigenvalue weighted by Crippen LogP contribution is 2.43. The zero-order chi connectivity index (χ0) is 27.4. The lowest BCUT2D eigenvalue weighted by molar-refractivity contribution is -0.145. The molecule has 1 unspecified atom stereocenters. The third-order valence-electron chi connectivity index (χ3n) is 8.88. The number of carbonyl (C=O) groups excluding carboxylic acids is 2. The predicted octanol–water partition coefficient (Wildman–Crippen LogP) is 7.57. The molecule has 1 N–H and O–H groups in total. The molecule has 0 saturated heterocycles. The van der Waals surface area contributed by atoms with Crippen molar-refractivity contribution in [3.63, 3.8) is 0 Å². The summed E-state index contributed by atoms with van der Waals surface area (Å²) in [5.41, 5.74) is -0.940. The van der Waals surface area contributed by atoms with E-state index in [9.17, 15) is 14.7 Å². The van der Waals surface area contributed by atoms with Crippen LogP contribution in [-0.4, -0.2) is 35.9 Å². The Morgan fingerprint density at radius 2 is 1.32 bits per heavy atom. The van der Waals surface area contributed by atoms with Gasteiger partial charge in [0.1, 0.15) is 0 Å². The van der Waals surface area contributed by atoms with Gasteiger partial charge in [-0.05, 0) is 83.0 Å². The molecule has 2 saturated carbocycles. The minimum absolute atomic E-state index is 0.0264. The monoisotopic (exact) mass is 518 g/mol. The molecule has 0 spiro atoms. The fourth-order valence-electron chi connectivity index (χ4n) is 6.11. The van der Waals surface area contributed by atoms with Crippen LogP contribution in [-0.2, 0) is 19.1 Å². The fraction of sp³-hybridized carbons (Fsp3) is 0.812. The van der Waals surface area contributed by atoms with Crippen molar-refractivity contribution >= 4 is 11.9 Å². The van der Waals surface area contributed by atoms with Gasteiger partial charge in [0, 0.05) is 11.5 Å². The topological polar surface area (TPSA) is 72.8 Å². The molecule has 5 nitrogen and oxygen atoms in total. The molecule has 0 amide bonds. The number of esters is 2. The Morgan fingerprint density at radius 3 is 1.78 bits per heavy atom. The Balaban J connectivity index is 1.76. The van der Waals surface area contributed by atoms with Gasteiger partial charge in [0.25, 0.3) is 0 Å². The summed E-state index contributed by atoms with van der Waals surface area (Å²) in [4.78, 5) is 24.2. The average molecular weight is 519 g/mol. The Morgan fingerprint density at radius 1 is 0.838 bits per heavy atom. The number of aliphatic hydroxyl groups is 1. The van der Waals surface area contributed by atoms with Crippen molar-refractivity contribution in [2.75, 3.05) is 13.2 Å². The van der Waals surface area contributed by atoms with Gasteiger partial charge in [-0.3, -0.25) is 0 Å². The van der Waals surface area contributed by atoms with Gasteiger partial charge in [-0.25, -0.2) is 9.59 Å². The van der Waals surface area contributed by atoms with Crippen LogP contribution in [0.5, 0.6) is 0 Å². The van der Waals surface area contributed by atoms with Crippen molar-refractivity contribution in [2.24, 2.45) is 29.6 Å². The van der Waals surface area contributed by atoms with E-state index in [-0.39, 0.29) is 24.7 Å². The molecule has 0 aliphatic heterocycles. The molecule has 2 aliphatic carbocycles. The summed E-state index contributed by atoms with van der Waals surface area (Å²) in [7, 11) is 0. The molecule has 0 aromatic rings. The van der Waals surface area contributed by atoms with E-state index in [0.29, 0.717) is 11.5 Å². The second-order valence-corrected chi connectivity index (χ2v) is 12.5. The number of unbranched alkanes of at least 4 members (excludes halogenated alkanes) is 2. The number of carbonyl (C=O) groups is 2. The first-order chi connectivity index (χ1) is 17.5. The van der Waals surface area contributed by atoms with E-state index in [4.69, 9.17) is 9.47 Å². The largest absolute Gasteiger partial charge is 0.462 e. The van der Waals surface area contributed by atoms with Gasteiger partial charge in [-0.2, -0.15) is 0 Å². The van der Waals surface area contributed by atoms with E-state index in [1.165, 1.54) is 90.9 Å². The van der Waals surface area contributed by atoms with Gasteiger partial charge in [-0.1, -0.05) is 71.4 Å². The lowest BCUT2D eigenvalue weighted by atomic mass is 9.68. The molecule has 1 atom stereocenters. The SMILES string of the molecule is C=C(C)C(=O)OCC(CCC1CCC(C2CCC(CCCCC)CC2)CC1)COC(=O)C(=C)C(C)(C)O. The summed E-state index contributed by atoms with van der Waals surface area (Å²) in [6.07, 6.45) is 18.4. The smallest absolute Gasteiger partial charge is 0.336 e. The average Bonchev–Trinajstić information content (AvgIpc) is 2.87. The van der Waals surface area contributed by atoms with Crippen molar-refractivity contribution in [1.29, 1.82) is 0 Å². The second kappa shape index (κ2) is 15.7. The minimum atomic E-state index is -1.33. The van der Waals surface area contributed by atoms with Crippen molar-refractivity contribution < 1.29 is 24.2 Å². The van der Waals surface area contributed by atoms with Crippen LogP contribution in [0.2, 0.25) is 0 Å². The molecule has 37 heavy (non-hydrogen) atoms. The van der Waals surface area contributed by atoms with Crippen molar-refractivity contribution in [1.82, 2.24) is 0 Å². The molecule has 0 bridgehead atoms. The van der Waals surface area contributed by atoms with Crippen molar-refractivity contribution in [3.05, 3.63) is 24.3 Å². The summed E-state index contributed by atoms with van der Waals surface area (Å²) in [5.74, 6) is 2.38. The van der Waals surface area contributed by atoms with Crippen LogP contribution in [0.15, 0.2) is 24.3 Å². The minimum Gasteiger partial charge on any atom is -0.462 e. The standard InChI is InChI=1S/C32H54O5/c1-7-8-9-10-25-13-17-28(18-14-25)29-19-15-26(16-20-29)11-12-27(21-36-30(33)23(2)3)22-37-31(34)24(4)32(5,6)35/h25-29,35H,2,4,7-22H2,1,3,5-6H3.